The van der Waals surface area contributed by atoms with Crippen molar-refractivity contribution in [2.45, 2.75) is 32.1 Å². The van der Waals surface area contributed by atoms with Gasteiger partial charge in [0.1, 0.15) is 6.20 Å². The number of aromatic nitrogens is 2. The Hall–Kier alpha value is -1.28. The van der Waals surface area contributed by atoms with Crippen LogP contribution in [0.1, 0.15) is 19.2 Å². The zero-order chi connectivity index (χ0) is 12.3. The molecule has 8 heteroatoms. The Bertz CT molecular complexity index is 417. The van der Waals surface area contributed by atoms with Crippen LogP contribution in [-0.2, 0) is 17.6 Å². The number of nitrogens with zero attached hydrogens (tertiary/aromatic N) is 3. The molecule has 16 heavy (non-hydrogen) atoms. The zero-order valence-corrected chi connectivity index (χ0v) is 9.77. The Balaban J connectivity index is 2.88. The number of hydrogen-bond acceptors (Lipinski definition) is 5. The van der Waals surface area contributed by atoms with Gasteiger partial charge in [-0.05, 0) is 16.3 Å². The molecule has 0 aliphatic rings. The van der Waals surface area contributed by atoms with Gasteiger partial charge < -0.3 is 19.2 Å². The minimum atomic E-state index is -2.18. The van der Waals surface area contributed by atoms with Crippen LogP contribution in [0.3, 0.4) is 0 Å². The highest BCUT2D eigenvalue weighted by Crippen LogP contribution is 2.13. The fourth-order valence-electron chi connectivity index (χ4n) is 1.31. The van der Waals surface area contributed by atoms with E-state index in [1.54, 1.807) is 13.8 Å². The molecule has 7 nitrogen and oxygen atoms in total. The van der Waals surface area contributed by atoms with Crippen molar-refractivity contribution in [1.29, 1.82) is 0 Å². The summed E-state index contributed by atoms with van der Waals surface area (Å²) in [5, 5.41) is 9.92. The van der Waals surface area contributed by atoms with Gasteiger partial charge in [0.15, 0.2) is 0 Å². The predicted octanol–water partition coefficient (Wildman–Crippen LogP) is 0.757. The zero-order valence-electron chi connectivity index (χ0n) is 8.95. The van der Waals surface area contributed by atoms with E-state index in [0.717, 1.165) is 0 Å². The lowest BCUT2D eigenvalue weighted by Gasteiger charge is -2.17. The number of hydrogen-bond donors (Lipinski definition) is 0. The molecule has 0 saturated heterocycles. The Morgan fingerprint density at radius 1 is 1.69 bits per heavy atom. The Labute approximate surface area is 94.9 Å². The van der Waals surface area contributed by atoms with Crippen molar-refractivity contribution in [3.05, 3.63) is 22.1 Å². The Morgan fingerprint density at radius 2 is 2.31 bits per heavy atom. The summed E-state index contributed by atoms with van der Waals surface area (Å²) >= 11 is -2.18. The minimum absolute atomic E-state index is 0.194. The highest BCUT2D eigenvalue weighted by atomic mass is 32.2. The molecule has 0 bridgehead atoms. The smallest absolute Gasteiger partial charge is 0.381 e. The van der Waals surface area contributed by atoms with E-state index in [4.69, 9.17) is 0 Å². The van der Waals surface area contributed by atoms with Gasteiger partial charge in [-0.3, -0.25) is 4.21 Å². The molecule has 0 spiro atoms. The molecule has 2 unspecified atom stereocenters. The maximum atomic E-state index is 10.8. The predicted molar refractivity (Wildman–Crippen MR) is 56.6 cm³/mol. The molecule has 0 radical (unpaired) electrons. The molecule has 0 aliphatic carbocycles. The molecule has 1 heterocycles. The molecule has 1 aromatic rings. The average molecular weight is 246 g/mol. The third-order valence-corrected chi connectivity index (χ3v) is 3.30. The van der Waals surface area contributed by atoms with Gasteiger partial charge in [-0.1, -0.05) is 18.0 Å². The van der Waals surface area contributed by atoms with Crippen molar-refractivity contribution in [1.82, 2.24) is 9.55 Å². The lowest BCUT2D eigenvalue weighted by atomic mass is 10.3. The third-order valence-electron chi connectivity index (χ3n) is 2.28. The van der Waals surface area contributed by atoms with Crippen molar-refractivity contribution in [2.24, 2.45) is 0 Å². The fraction of sp³-hybridized carbons (Fsp3) is 0.625. The molecule has 1 rings (SSSR count). The van der Waals surface area contributed by atoms with Crippen LogP contribution in [-0.4, -0.2) is 28.5 Å². The Kier molecular flexibility index (Phi) is 4.13. The van der Waals surface area contributed by atoms with E-state index in [0.29, 0.717) is 12.2 Å². The highest BCUT2D eigenvalue weighted by Gasteiger charge is 2.17. The van der Waals surface area contributed by atoms with Crippen LogP contribution >= 0.6 is 0 Å². The number of aryl methyl sites for hydroxylation is 1. The van der Waals surface area contributed by atoms with Crippen molar-refractivity contribution in [3.8, 4) is 0 Å². The molecule has 0 N–H and O–H groups in total. The molecule has 2 atom stereocenters. The summed E-state index contributed by atoms with van der Waals surface area (Å²) in [5.74, 6) is 0.180. The fourth-order valence-corrected chi connectivity index (χ4v) is 1.86. The van der Waals surface area contributed by atoms with Gasteiger partial charge in [0, 0.05) is 18.7 Å². The first kappa shape index (κ1) is 12.8. The largest absolute Gasteiger partial charge is 0.772 e. The van der Waals surface area contributed by atoms with E-state index in [-0.39, 0.29) is 12.4 Å². The average Bonchev–Trinajstić information content (AvgIpc) is 2.56. The summed E-state index contributed by atoms with van der Waals surface area (Å²) in [6, 6.07) is 0. The third kappa shape index (κ3) is 2.86. The van der Waals surface area contributed by atoms with Gasteiger partial charge in [0.05, 0.1) is 0 Å². The molecule has 1 aromatic heterocycles. The van der Waals surface area contributed by atoms with Gasteiger partial charge in [0.25, 0.3) is 0 Å². The van der Waals surface area contributed by atoms with E-state index in [1.807, 2.05) is 0 Å². The maximum absolute atomic E-state index is 10.8. The van der Waals surface area contributed by atoms with Crippen LogP contribution in [0.15, 0.2) is 6.20 Å². The molecule has 0 aliphatic heterocycles. The van der Waals surface area contributed by atoms with Crippen LogP contribution in [0, 0.1) is 17.0 Å². The lowest BCUT2D eigenvalue weighted by Crippen LogP contribution is -2.21. The second kappa shape index (κ2) is 5.17. The van der Waals surface area contributed by atoms with Crippen molar-refractivity contribution < 1.29 is 13.7 Å². The molecular formula is C8H12N3O4S-. The molecular weight excluding hydrogens is 234 g/mol. The van der Waals surface area contributed by atoms with Crippen LogP contribution in [0.2, 0.25) is 0 Å². The van der Waals surface area contributed by atoms with Crippen molar-refractivity contribution in [2.75, 3.05) is 0 Å². The van der Waals surface area contributed by atoms with Gasteiger partial charge in [-0.2, -0.15) is 0 Å². The van der Waals surface area contributed by atoms with E-state index >= 15 is 0 Å². The van der Waals surface area contributed by atoms with Gasteiger partial charge in [-0.15, -0.1) is 0 Å². The van der Waals surface area contributed by atoms with Crippen LogP contribution in [0.4, 0.5) is 5.82 Å². The molecule has 0 aromatic carbocycles. The van der Waals surface area contributed by atoms with Crippen molar-refractivity contribution >= 4 is 16.9 Å². The summed E-state index contributed by atoms with van der Waals surface area (Å²) in [4.78, 5) is 13.6. The number of nitro groups is 1. The molecule has 0 saturated carbocycles. The standard InChI is InChI=1S/C8H13N3O4S/c1-3-7(16(14)15)4-10-5-8(11(12)13)9-6(10)2/h5,7H,3-4H2,1-2H3,(H,14,15)/p-1. The normalized spacial score (nSPS) is 14.7. The maximum Gasteiger partial charge on any atom is 0.381 e. The van der Waals surface area contributed by atoms with E-state index in [2.05, 4.69) is 4.98 Å². The summed E-state index contributed by atoms with van der Waals surface area (Å²) in [7, 11) is 0. The van der Waals surface area contributed by atoms with E-state index < -0.39 is 21.3 Å². The van der Waals surface area contributed by atoms with E-state index in [9.17, 15) is 18.9 Å². The van der Waals surface area contributed by atoms with Crippen LogP contribution < -0.4 is 0 Å². The first-order valence-electron chi connectivity index (χ1n) is 4.72. The Morgan fingerprint density at radius 3 is 2.69 bits per heavy atom. The number of imidazole rings is 1. The van der Waals surface area contributed by atoms with Gasteiger partial charge in [-0.25, -0.2) is 0 Å². The first-order chi connectivity index (χ1) is 7.45. The molecule has 0 fully saturated rings. The summed E-state index contributed by atoms with van der Waals surface area (Å²) in [6.07, 6.45) is 1.71. The quantitative estimate of drug-likeness (QED) is 0.433. The number of rotatable bonds is 5. The highest BCUT2D eigenvalue weighted by molar-refractivity contribution is 7.79. The second-order valence-electron chi connectivity index (χ2n) is 3.35. The molecule has 0 amide bonds. The monoisotopic (exact) mass is 246 g/mol. The SMILES string of the molecule is CCC(Cn1cc([N+](=O)[O-])nc1C)S(=O)[O-]. The van der Waals surface area contributed by atoms with E-state index in [1.165, 1.54) is 10.8 Å². The van der Waals surface area contributed by atoms with Crippen LogP contribution in [0.25, 0.3) is 0 Å². The summed E-state index contributed by atoms with van der Waals surface area (Å²) in [5.41, 5.74) is 0. The summed E-state index contributed by atoms with van der Waals surface area (Å²) in [6.45, 7) is 3.55. The van der Waals surface area contributed by atoms with Crippen molar-refractivity contribution in [3.63, 3.8) is 0 Å². The second-order valence-corrected chi connectivity index (χ2v) is 4.53. The first-order valence-corrected chi connectivity index (χ1v) is 5.85. The minimum Gasteiger partial charge on any atom is -0.772 e. The van der Waals surface area contributed by atoms with Gasteiger partial charge in [0.2, 0.25) is 5.82 Å². The summed E-state index contributed by atoms with van der Waals surface area (Å²) < 4.78 is 23.1. The van der Waals surface area contributed by atoms with Gasteiger partial charge >= 0.3 is 5.82 Å². The lowest BCUT2D eigenvalue weighted by molar-refractivity contribution is -0.389. The topological polar surface area (TPSA) is 101 Å². The van der Waals surface area contributed by atoms with Crippen LogP contribution in [0.5, 0.6) is 0 Å². The molecule has 90 valence electrons.